The Labute approximate surface area is 116 Å². The van der Waals surface area contributed by atoms with Crippen LogP contribution in [0, 0.1) is 0 Å². The molecule has 1 saturated heterocycles. The van der Waals surface area contributed by atoms with E-state index in [1.54, 1.807) is 6.92 Å². The highest BCUT2D eigenvalue weighted by Gasteiger charge is 2.28. The summed E-state index contributed by atoms with van der Waals surface area (Å²) in [6.45, 7) is 6.33. The van der Waals surface area contributed by atoms with Crippen molar-refractivity contribution in [2.75, 3.05) is 36.9 Å². The monoisotopic (exact) mass is 285 g/mol. The van der Waals surface area contributed by atoms with Gasteiger partial charge in [0.15, 0.2) is 5.82 Å². The summed E-state index contributed by atoms with van der Waals surface area (Å²) < 4.78 is 14.8. The van der Waals surface area contributed by atoms with Gasteiger partial charge in [-0.3, -0.25) is 0 Å². The van der Waals surface area contributed by atoms with Crippen molar-refractivity contribution >= 4 is 28.3 Å². The van der Waals surface area contributed by atoms with Crippen LogP contribution in [-0.4, -0.2) is 42.8 Å². The predicted molar refractivity (Wildman–Crippen MR) is 74.7 cm³/mol. The molecule has 0 spiro atoms. The molecular weight excluding hydrogens is 266 g/mol. The summed E-state index contributed by atoms with van der Waals surface area (Å²) in [6, 6.07) is 0. The van der Waals surface area contributed by atoms with Gasteiger partial charge in [-0.1, -0.05) is 6.92 Å². The molecule has 1 fully saturated rings. The third-order valence-corrected chi connectivity index (χ3v) is 3.98. The lowest BCUT2D eigenvalue weighted by Gasteiger charge is -2.33. The molecule has 1 aliphatic rings. The maximum Gasteiger partial charge on any atom is 0.345 e. The van der Waals surface area contributed by atoms with Crippen LogP contribution in [0.1, 0.15) is 30.6 Å². The zero-order valence-electron chi connectivity index (χ0n) is 11.2. The number of nitrogens with two attached hydrogens (primary N) is 1. The Morgan fingerprint density at radius 3 is 3.11 bits per heavy atom. The van der Waals surface area contributed by atoms with Crippen molar-refractivity contribution in [1.29, 1.82) is 0 Å². The van der Waals surface area contributed by atoms with Crippen LogP contribution in [0.25, 0.3) is 0 Å². The molecule has 0 radical (unpaired) electrons. The van der Waals surface area contributed by atoms with E-state index in [4.69, 9.17) is 15.2 Å². The van der Waals surface area contributed by atoms with Crippen LogP contribution >= 0.6 is 11.5 Å². The number of carbonyl (C=O) groups excluding carboxylic acids is 1. The summed E-state index contributed by atoms with van der Waals surface area (Å²) in [5, 5.41) is 0.790. The van der Waals surface area contributed by atoms with Crippen LogP contribution in [0.2, 0.25) is 0 Å². The molecule has 2 heterocycles. The van der Waals surface area contributed by atoms with E-state index in [1.807, 2.05) is 0 Å². The first-order chi connectivity index (χ1) is 9.17. The normalized spacial score (nSPS) is 19.5. The lowest BCUT2D eigenvalue weighted by molar-refractivity contribution is 0.0382. The van der Waals surface area contributed by atoms with Gasteiger partial charge in [0.05, 0.1) is 19.3 Å². The van der Waals surface area contributed by atoms with Crippen molar-refractivity contribution in [2.45, 2.75) is 26.4 Å². The quantitative estimate of drug-likeness (QED) is 0.845. The number of nitrogens with zero attached hydrogens (tertiary/aromatic N) is 2. The topological polar surface area (TPSA) is 77.7 Å². The number of hydrogen-bond donors (Lipinski definition) is 1. The van der Waals surface area contributed by atoms with E-state index in [-0.39, 0.29) is 11.9 Å². The number of rotatable bonds is 4. The number of hydrogen-bond acceptors (Lipinski definition) is 7. The lowest BCUT2D eigenvalue weighted by atomic mass is 10.2. The lowest BCUT2D eigenvalue weighted by Crippen LogP contribution is -2.42. The van der Waals surface area contributed by atoms with E-state index >= 15 is 0 Å². The van der Waals surface area contributed by atoms with Gasteiger partial charge in [0.25, 0.3) is 0 Å². The molecular formula is C12H19N3O3S. The molecule has 0 saturated carbocycles. The van der Waals surface area contributed by atoms with Gasteiger partial charge in [0, 0.05) is 13.1 Å². The number of anilines is 2. The minimum Gasteiger partial charge on any atom is -0.462 e. The van der Waals surface area contributed by atoms with E-state index in [1.165, 1.54) is 11.5 Å². The highest BCUT2D eigenvalue weighted by Crippen LogP contribution is 2.32. The Balaban J connectivity index is 2.22. The molecule has 106 valence electrons. The molecule has 1 aromatic heterocycles. The van der Waals surface area contributed by atoms with E-state index in [0.29, 0.717) is 18.8 Å². The molecule has 0 amide bonds. The minimum atomic E-state index is -0.400. The van der Waals surface area contributed by atoms with Gasteiger partial charge in [0.2, 0.25) is 0 Å². The average Bonchev–Trinajstić information content (AvgIpc) is 2.81. The largest absolute Gasteiger partial charge is 0.462 e. The first-order valence-corrected chi connectivity index (χ1v) is 7.23. The zero-order chi connectivity index (χ0) is 13.8. The summed E-state index contributed by atoms with van der Waals surface area (Å²) in [6.07, 6.45) is 1.13. The highest BCUT2D eigenvalue weighted by molar-refractivity contribution is 7.11. The molecule has 2 N–H and O–H groups in total. The van der Waals surface area contributed by atoms with Crippen molar-refractivity contribution in [3.63, 3.8) is 0 Å². The van der Waals surface area contributed by atoms with Crippen LogP contribution in [0.15, 0.2) is 0 Å². The second kappa shape index (κ2) is 6.21. The molecule has 0 aromatic carbocycles. The first kappa shape index (κ1) is 14.1. The molecule has 1 atom stereocenters. The van der Waals surface area contributed by atoms with E-state index in [0.717, 1.165) is 24.5 Å². The van der Waals surface area contributed by atoms with Gasteiger partial charge in [-0.2, -0.15) is 4.37 Å². The predicted octanol–water partition coefficient (Wildman–Crippen LogP) is 1.52. The molecule has 1 aliphatic heterocycles. The summed E-state index contributed by atoms with van der Waals surface area (Å²) in [5.41, 5.74) is 6.18. The molecule has 6 nitrogen and oxygen atoms in total. The second-order valence-electron chi connectivity index (χ2n) is 4.32. The van der Waals surface area contributed by atoms with Crippen molar-refractivity contribution in [3.05, 3.63) is 5.56 Å². The fourth-order valence-corrected chi connectivity index (χ4v) is 2.89. The first-order valence-electron chi connectivity index (χ1n) is 6.46. The number of esters is 1. The van der Waals surface area contributed by atoms with Crippen molar-refractivity contribution in [1.82, 2.24) is 4.37 Å². The maximum absolute atomic E-state index is 11.9. The average molecular weight is 285 g/mol. The second-order valence-corrected chi connectivity index (χ2v) is 5.07. The summed E-state index contributed by atoms with van der Waals surface area (Å²) in [5.74, 6) is -0.152. The Morgan fingerprint density at radius 1 is 1.63 bits per heavy atom. The Morgan fingerprint density at radius 2 is 2.42 bits per heavy atom. The SMILES string of the molecule is CCOC(=O)c1c(N)nsc1N1CCOC(CC)C1. The standard InChI is InChI=1S/C12H19N3O3S/c1-3-8-7-15(5-6-18-8)11-9(10(13)14-19-11)12(16)17-4-2/h8H,3-7H2,1-2H3,(H2,13,14). The highest BCUT2D eigenvalue weighted by atomic mass is 32.1. The van der Waals surface area contributed by atoms with E-state index in [2.05, 4.69) is 16.2 Å². The van der Waals surface area contributed by atoms with Crippen LogP contribution in [-0.2, 0) is 9.47 Å². The smallest absolute Gasteiger partial charge is 0.345 e. The zero-order valence-corrected chi connectivity index (χ0v) is 12.0. The summed E-state index contributed by atoms with van der Waals surface area (Å²) in [4.78, 5) is 14.1. The van der Waals surface area contributed by atoms with Crippen LogP contribution < -0.4 is 10.6 Å². The molecule has 0 bridgehead atoms. The van der Waals surface area contributed by atoms with Gasteiger partial charge >= 0.3 is 5.97 Å². The fraction of sp³-hybridized carbons (Fsp3) is 0.667. The molecule has 2 rings (SSSR count). The van der Waals surface area contributed by atoms with E-state index < -0.39 is 5.97 Å². The molecule has 1 unspecified atom stereocenters. The van der Waals surface area contributed by atoms with Crippen LogP contribution in [0.5, 0.6) is 0 Å². The van der Waals surface area contributed by atoms with Gasteiger partial charge in [-0.25, -0.2) is 4.79 Å². The number of ether oxygens (including phenoxy) is 2. The van der Waals surface area contributed by atoms with Gasteiger partial charge < -0.3 is 20.1 Å². The number of aromatic nitrogens is 1. The molecule has 19 heavy (non-hydrogen) atoms. The van der Waals surface area contributed by atoms with Gasteiger partial charge in [-0.05, 0) is 24.9 Å². The number of morpholine rings is 1. The Kier molecular flexibility index (Phi) is 4.60. The van der Waals surface area contributed by atoms with Crippen molar-refractivity contribution in [2.24, 2.45) is 0 Å². The fourth-order valence-electron chi connectivity index (χ4n) is 2.06. The molecule has 7 heteroatoms. The number of nitrogen functional groups attached to an aromatic ring is 1. The Bertz CT molecular complexity index is 449. The third kappa shape index (κ3) is 2.98. The summed E-state index contributed by atoms with van der Waals surface area (Å²) in [7, 11) is 0. The minimum absolute atomic E-state index is 0.187. The molecule has 0 aliphatic carbocycles. The van der Waals surface area contributed by atoms with Crippen LogP contribution in [0.3, 0.4) is 0 Å². The summed E-state index contributed by atoms with van der Waals surface area (Å²) >= 11 is 1.24. The van der Waals surface area contributed by atoms with Crippen LogP contribution in [0.4, 0.5) is 10.8 Å². The van der Waals surface area contributed by atoms with Crippen molar-refractivity contribution in [3.8, 4) is 0 Å². The van der Waals surface area contributed by atoms with Crippen molar-refractivity contribution < 1.29 is 14.3 Å². The molecule has 1 aromatic rings. The third-order valence-electron chi connectivity index (χ3n) is 3.06. The maximum atomic E-state index is 11.9. The Hall–Kier alpha value is -1.34. The number of carbonyl (C=O) groups is 1. The van der Waals surface area contributed by atoms with Gasteiger partial charge in [-0.15, -0.1) is 0 Å². The van der Waals surface area contributed by atoms with Gasteiger partial charge in [0.1, 0.15) is 10.6 Å². The van der Waals surface area contributed by atoms with E-state index in [9.17, 15) is 4.79 Å².